The first-order chi connectivity index (χ1) is 16.1. The predicted octanol–water partition coefficient (Wildman–Crippen LogP) is 5.74. The van der Waals surface area contributed by atoms with Gasteiger partial charge < -0.3 is 10.8 Å². The molecule has 34 heavy (non-hydrogen) atoms. The first-order valence-corrected chi connectivity index (χ1v) is 10.9. The summed E-state index contributed by atoms with van der Waals surface area (Å²) >= 11 is 0. The van der Waals surface area contributed by atoms with Crippen LogP contribution in [0.3, 0.4) is 0 Å². The number of nitrogens with two attached hydrogens (primary N) is 1. The molecule has 0 aromatic heterocycles. The second-order valence-corrected chi connectivity index (χ2v) is 8.42. The van der Waals surface area contributed by atoms with E-state index < -0.39 is 12.1 Å². The van der Waals surface area contributed by atoms with Crippen molar-refractivity contribution in [3.63, 3.8) is 0 Å². The highest BCUT2D eigenvalue weighted by atomic mass is 19.4. The lowest BCUT2D eigenvalue weighted by Crippen LogP contribution is -2.21. The number of hydrogen-bond donors (Lipinski definition) is 2. The lowest BCUT2D eigenvalue weighted by atomic mass is 9.93. The molecule has 0 radical (unpaired) electrons. The molecule has 4 nitrogen and oxygen atoms in total. The fourth-order valence-electron chi connectivity index (χ4n) is 4.29. The van der Waals surface area contributed by atoms with Gasteiger partial charge in [-0.2, -0.15) is 13.2 Å². The number of alkyl halides is 3. The molecule has 7 heteroatoms. The average molecular weight is 470 g/mol. The number of hydrogen-bond acceptors (Lipinski definition) is 2. The van der Waals surface area contributed by atoms with Crippen LogP contribution in [0.2, 0.25) is 0 Å². The largest absolute Gasteiger partial charge is 0.490 e. The first-order valence-electron chi connectivity index (χ1n) is 10.9. The molecule has 4 rings (SSSR count). The number of rotatable bonds is 5. The SMILES string of the molecule is Cc1c(C(N)=O)cccc1-c1ccc(CCC2Cc3ccccc3C2)cc1.O=C(O)C(F)(F)F. The molecule has 3 N–H and O–H groups in total. The van der Waals surface area contributed by atoms with Crippen molar-refractivity contribution in [3.8, 4) is 11.1 Å². The number of carbonyl (C=O) groups is 2. The van der Waals surface area contributed by atoms with Crippen molar-refractivity contribution in [2.75, 3.05) is 0 Å². The molecule has 1 aliphatic rings. The molecule has 0 saturated carbocycles. The molecular formula is C27H26F3NO3. The van der Waals surface area contributed by atoms with Crippen molar-refractivity contribution < 1.29 is 27.9 Å². The van der Waals surface area contributed by atoms with Gasteiger partial charge in [0.15, 0.2) is 0 Å². The van der Waals surface area contributed by atoms with Crippen LogP contribution in [0.1, 0.15) is 39.0 Å². The second-order valence-electron chi connectivity index (χ2n) is 8.42. The number of aryl methyl sites for hydroxylation is 1. The summed E-state index contributed by atoms with van der Waals surface area (Å²) in [5.74, 6) is -2.37. The lowest BCUT2D eigenvalue weighted by Gasteiger charge is -2.11. The minimum absolute atomic E-state index is 0.372. The number of halogens is 3. The number of carbonyl (C=O) groups excluding carboxylic acids is 1. The minimum atomic E-state index is -5.08. The number of carboxylic acid groups (broad SMARTS) is 1. The summed E-state index contributed by atoms with van der Waals surface area (Å²) in [7, 11) is 0. The maximum Gasteiger partial charge on any atom is 0.490 e. The lowest BCUT2D eigenvalue weighted by molar-refractivity contribution is -0.192. The summed E-state index contributed by atoms with van der Waals surface area (Å²) in [5, 5.41) is 7.12. The maximum absolute atomic E-state index is 11.6. The molecule has 0 unspecified atom stereocenters. The van der Waals surface area contributed by atoms with Crippen LogP contribution in [0.25, 0.3) is 11.1 Å². The Bertz CT molecular complexity index is 1150. The quantitative estimate of drug-likeness (QED) is 0.500. The van der Waals surface area contributed by atoms with Gasteiger partial charge in [0, 0.05) is 5.56 Å². The third-order valence-electron chi connectivity index (χ3n) is 6.08. The summed E-state index contributed by atoms with van der Waals surface area (Å²) in [6, 6.07) is 23.3. The topological polar surface area (TPSA) is 80.4 Å². The van der Waals surface area contributed by atoms with Gasteiger partial charge in [0.25, 0.3) is 0 Å². The molecule has 0 bridgehead atoms. The zero-order valence-corrected chi connectivity index (χ0v) is 18.7. The molecule has 178 valence electrons. The van der Waals surface area contributed by atoms with Crippen LogP contribution in [-0.2, 0) is 24.1 Å². The summed E-state index contributed by atoms with van der Waals surface area (Å²) in [6.45, 7) is 1.96. The second kappa shape index (κ2) is 10.5. The predicted molar refractivity (Wildman–Crippen MR) is 124 cm³/mol. The molecule has 0 saturated heterocycles. The Morgan fingerprint density at radius 1 is 0.941 bits per heavy atom. The summed E-state index contributed by atoms with van der Waals surface area (Å²) < 4.78 is 31.7. The number of amides is 1. The van der Waals surface area contributed by atoms with Crippen LogP contribution in [0, 0.1) is 12.8 Å². The van der Waals surface area contributed by atoms with E-state index in [0.29, 0.717) is 5.56 Å². The van der Waals surface area contributed by atoms with E-state index in [0.717, 1.165) is 29.0 Å². The van der Waals surface area contributed by atoms with Gasteiger partial charge in [0.1, 0.15) is 0 Å². The Morgan fingerprint density at radius 2 is 1.50 bits per heavy atom. The van der Waals surface area contributed by atoms with Gasteiger partial charge in [-0.15, -0.1) is 0 Å². The van der Waals surface area contributed by atoms with E-state index >= 15 is 0 Å². The van der Waals surface area contributed by atoms with Crippen molar-refractivity contribution in [2.45, 2.75) is 38.8 Å². The molecule has 0 aliphatic heterocycles. The van der Waals surface area contributed by atoms with Crippen molar-refractivity contribution in [1.29, 1.82) is 0 Å². The summed E-state index contributed by atoms with van der Waals surface area (Å²) in [5.41, 5.74) is 13.7. The highest BCUT2D eigenvalue weighted by Gasteiger charge is 2.38. The van der Waals surface area contributed by atoms with Crippen molar-refractivity contribution >= 4 is 11.9 Å². The summed E-state index contributed by atoms with van der Waals surface area (Å²) in [6.07, 6.45) is -0.315. The van der Waals surface area contributed by atoms with Crippen LogP contribution in [-0.4, -0.2) is 23.2 Å². The molecule has 3 aromatic carbocycles. The molecule has 0 heterocycles. The molecule has 3 aromatic rings. The average Bonchev–Trinajstić information content (AvgIpc) is 3.21. The zero-order chi connectivity index (χ0) is 24.9. The zero-order valence-electron chi connectivity index (χ0n) is 18.7. The molecule has 0 spiro atoms. The van der Waals surface area contributed by atoms with Crippen LogP contribution < -0.4 is 5.73 Å². The van der Waals surface area contributed by atoms with Gasteiger partial charge in [-0.3, -0.25) is 4.79 Å². The normalized spacial score (nSPS) is 13.1. The molecule has 1 aliphatic carbocycles. The molecular weight excluding hydrogens is 443 g/mol. The fraction of sp³-hybridized carbons (Fsp3) is 0.259. The summed E-state index contributed by atoms with van der Waals surface area (Å²) in [4.78, 5) is 20.5. The third-order valence-corrected chi connectivity index (χ3v) is 6.08. The fourth-order valence-corrected chi connectivity index (χ4v) is 4.29. The van der Waals surface area contributed by atoms with Crippen LogP contribution >= 0.6 is 0 Å². The van der Waals surface area contributed by atoms with Gasteiger partial charge in [-0.05, 0) is 78.0 Å². The van der Waals surface area contributed by atoms with Gasteiger partial charge in [-0.25, -0.2) is 4.79 Å². The Hall–Kier alpha value is -3.61. The standard InChI is InChI=1S/C25H25NO.C2HF3O2/c1-17-23(7-4-8-24(17)25(26)27)20-13-11-18(12-14-20)9-10-19-15-21-5-2-3-6-22(21)16-19;3-2(4,5)1(6)7/h2-8,11-14,19H,9-10,15-16H2,1H3,(H2,26,27);(H,6,7). The van der Waals surface area contributed by atoms with Crippen molar-refractivity contribution in [1.82, 2.24) is 0 Å². The Morgan fingerprint density at radius 3 is 2.00 bits per heavy atom. The van der Waals surface area contributed by atoms with Gasteiger partial charge in [0.05, 0.1) is 0 Å². The Balaban J connectivity index is 0.000000406. The Kier molecular flexibility index (Phi) is 7.76. The van der Waals surface area contributed by atoms with E-state index in [4.69, 9.17) is 15.6 Å². The van der Waals surface area contributed by atoms with E-state index in [1.165, 1.54) is 36.0 Å². The Labute approximate surface area is 196 Å². The third kappa shape index (κ3) is 6.25. The van der Waals surface area contributed by atoms with Gasteiger partial charge in [0.2, 0.25) is 5.91 Å². The van der Waals surface area contributed by atoms with Crippen molar-refractivity contribution in [2.24, 2.45) is 11.7 Å². The first kappa shape index (κ1) is 25.0. The monoisotopic (exact) mass is 469 g/mol. The number of fused-ring (bicyclic) bond motifs is 1. The van der Waals surface area contributed by atoms with Crippen LogP contribution in [0.5, 0.6) is 0 Å². The smallest absolute Gasteiger partial charge is 0.475 e. The molecule has 1 amide bonds. The van der Waals surface area contributed by atoms with Crippen LogP contribution in [0.4, 0.5) is 13.2 Å². The van der Waals surface area contributed by atoms with Gasteiger partial charge in [-0.1, -0.05) is 60.7 Å². The van der Waals surface area contributed by atoms with Crippen LogP contribution in [0.15, 0.2) is 66.7 Å². The van der Waals surface area contributed by atoms with Gasteiger partial charge >= 0.3 is 12.1 Å². The maximum atomic E-state index is 11.6. The van der Waals surface area contributed by atoms with E-state index in [-0.39, 0.29) is 5.91 Å². The van der Waals surface area contributed by atoms with E-state index in [1.807, 2.05) is 19.1 Å². The molecule has 0 atom stereocenters. The van der Waals surface area contributed by atoms with E-state index in [2.05, 4.69) is 48.5 Å². The number of primary amides is 1. The van der Waals surface area contributed by atoms with Crippen molar-refractivity contribution in [3.05, 3.63) is 94.5 Å². The highest BCUT2D eigenvalue weighted by Crippen LogP contribution is 2.30. The minimum Gasteiger partial charge on any atom is -0.475 e. The number of carboxylic acids is 1. The molecule has 0 fully saturated rings. The van der Waals surface area contributed by atoms with E-state index in [9.17, 15) is 18.0 Å². The highest BCUT2D eigenvalue weighted by molar-refractivity contribution is 5.96. The van der Waals surface area contributed by atoms with E-state index in [1.54, 1.807) is 6.07 Å². The number of benzene rings is 3. The number of aliphatic carboxylic acids is 1.